The Balaban J connectivity index is 3.75. The van der Waals surface area contributed by atoms with Gasteiger partial charge >= 0.3 is 6.09 Å². The summed E-state index contributed by atoms with van der Waals surface area (Å²) in [5.74, 6) is 0. The molecule has 72 valence electrons. The quantitative estimate of drug-likeness (QED) is 0.655. The number of carbonyl (C=O) groups excluding carboxylic acids is 1. The second-order valence-corrected chi connectivity index (χ2v) is 3.77. The number of aliphatic hydroxyl groups excluding tert-OH is 1. The van der Waals surface area contributed by atoms with E-state index in [1.807, 2.05) is 20.8 Å². The Morgan fingerprint density at radius 2 is 2.08 bits per heavy atom. The van der Waals surface area contributed by atoms with Crippen molar-refractivity contribution in [2.45, 2.75) is 39.3 Å². The minimum atomic E-state index is -0.496. The molecule has 1 amide bonds. The smallest absolute Gasteiger partial charge is 0.407 e. The fourth-order valence-corrected chi connectivity index (χ4v) is 0.556. The summed E-state index contributed by atoms with van der Waals surface area (Å²) in [4.78, 5) is 11.0. The van der Waals surface area contributed by atoms with E-state index in [1.54, 1.807) is 6.92 Å². The zero-order chi connectivity index (χ0) is 9.78. The van der Waals surface area contributed by atoms with Crippen molar-refractivity contribution < 1.29 is 14.6 Å². The van der Waals surface area contributed by atoms with Crippen LogP contribution in [0.5, 0.6) is 0 Å². The molecule has 0 aliphatic rings. The average Bonchev–Trinajstić information content (AvgIpc) is 1.82. The van der Waals surface area contributed by atoms with Gasteiger partial charge < -0.3 is 15.2 Å². The Hall–Kier alpha value is -0.770. The van der Waals surface area contributed by atoms with Crippen molar-refractivity contribution >= 4 is 6.09 Å². The van der Waals surface area contributed by atoms with Gasteiger partial charge in [-0.05, 0) is 27.7 Å². The first-order valence-electron chi connectivity index (χ1n) is 3.95. The highest BCUT2D eigenvalue weighted by molar-refractivity contribution is 5.68. The first-order chi connectivity index (χ1) is 5.35. The number of rotatable bonds is 2. The second kappa shape index (κ2) is 4.30. The van der Waals surface area contributed by atoms with Gasteiger partial charge in [-0.25, -0.2) is 4.79 Å². The third-order valence-corrected chi connectivity index (χ3v) is 1.04. The summed E-state index contributed by atoms with van der Waals surface area (Å²) in [6.45, 7) is 7.05. The van der Waals surface area contributed by atoms with E-state index < -0.39 is 12.2 Å². The number of nitrogens with one attached hydrogen (secondary N) is 1. The molecule has 0 aliphatic heterocycles. The van der Waals surface area contributed by atoms with Crippen molar-refractivity contribution in [1.29, 1.82) is 0 Å². The second-order valence-electron chi connectivity index (χ2n) is 3.77. The van der Waals surface area contributed by atoms with Gasteiger partial charge in [0.2, 0.25) is 0 Å². The van der Waals surface area contributed by atoms with Crippen LogP contribution in [0.1, 0.15) is 27.7 Å². The molecule has 0 saturated heterocycles. The minimum Gasteiger partial charge on any atom is -0.444 e. The molecule has 12 heavy (non-hydrogen) atoms. The molecule has 1 atom stereocenters. The van der Waals surface area contributed by atoms with Crippen LogP contribution in [0, 0.1) is 0 Å². The van der Waals surface area contributed by atoms with E-state index in [-0.39, 0.29) is 12.1 Å². The summed E-state index contributed by atoms with van der Waals surface area (Å²) in [6, 6.07) is 0. The van der Waals surface area contributed by atoms with Crippen molar-refractivity contribution in [3.63, 3.8) is 0 Å². The molecule has 2 N–H and O–H groups in total. The number of ether oxygens (including phenoxy) is 1. The summed E-state index contributed by atoms with van der Waals surface area (Å²) in [5.41, 5.74) is -0.299. The van der Waals surface area contributed by atoms with Crippen LogP contribution in [0.15, 0.2) is 0 Å². The summed E-state index contributed by atoms with van der Waals surface area (Å²) in [7, 11) is 0. The van der Waals surface area contributed by atoms with Crippen LogP contribution in [0.3, 0.4) is 0 Å². The normalized spacial score (nSPS) is 13.8. The van der Waals surface area contributed by atoms with Gasteiger partial charge in [0.25, 0.3) is 0 Å². The maximum absolute atomic E-state index is 11.0. The van der Waals surface area contributed by atoms with Crippen molar-refractivity contribution in [3.8, 4) is 0 Å². The zero-order valence-electron chi connectivity index (χ0n) is 8.05. The van der Waals surface area contributed by atoms with Gasteiger partial charge in [-0.1, -0.05) is 0 Å². The van der Waals surface area contributed by atoms with Crippen LogP contribution < -0.4 is 5.32 Å². The van der Waals surface area contributed by atoms with E-state index in [2.05, 4.69) is 5.32 Å². The van der Waals surface area contributed by atoms with Crippen LogP contribution in [-0.2, 0) is 4.74 Å². The molecule has 0 rings (SSSR count). The lowest BCUT2D eigenvalue weighted by molar-refractivity contribution is 0.0637. The van der Waals surface area contributed by atoms with E-state index in [4.69, 9.17) is 9.84 Å². The number of carbonyl (C=O) groups is 1. The predicted octanol–water partition coefficient (Wildman–Crippen LogP) is 0.892. The lowest BCUT2D eigenvalue weighted by Crippen LogP contribution is -2.42. The number of hydrogen-bond acceptors (Lipinski definition) is 3. The molecular weight excluding hydrogens is 158 g/mol. The van der Waals surface area contributed by atoms with E-state index >= 15 is 0 Å². The third-order valence-electron chi connectivity index (χ3n) is 1.04. The number of alkyl carbamates (subject to hydrolysis) is 1. The Bertz CT molecular complexity index is 151. The van der Waals surface area contributed by atoms with Crippen LogP contribution in [0.25, 0.3) is 0 Å². The van der Waals surface area contributed by atoms with Gasteiger partial charge in [0.05, 0.1) is 6.61 Å². The number of amides is 1. The lowest BCUT2D eigenvalue weighted by Gasteiger charge is -2.21. The van der Waals surface area contributed by atoms with E-state index in [0.717, 1.165) is 0 Å². The molecule has 0 aromatic carbocycles. The highest BCUT2D eigenvalue weighted by Crippen LogP contribution is 2.00. The molecule has 0 unspecified atom stereocenters. The lowest BCUT2D eigenvalue weighted by atomic mass is 10.1. The zero-order valence-corrected chi connectivity index (χ0v) is 8.05. The first-order valence-corrected chi connectivity index (χ1v) is 3.95. The summed E-state index contributed by atoms with van der Waals surface area (Å²) < 4.78 is 4.78. The molecule has 0 aliphatic carbocycles. The molecular formula is C8H17NO3. The average molecular weight is 175 g/mol. The number of hydrogen-bond donors (Lipinski definition) is 2. The molecule has 4 nitrogen and oxygen atoms in total. The molecule has 0 aromatic rings. The summed E-state index contributed by atoms with van der Waals surface area (Å²) in [6.07, 6.45) is -0.948. The monoisotopic (exact) mass is 175 g/mol. The molecule has 0 radical (unpaired) electrons. The SMILES string of the molecule is C[C@H](CO)OC(=O)NC(C)(C)C. The van der Waals surface area contributed by atoms with Crippen LogP contribution >= 0.6 is 0 Å². The van der Waals surface area contributed by atoms with Crippen molar-refractivity contribution in [3.05, 3.63) is 0 Å². The summed E-state index contributed by atoms with van der Waals surface area (Å²) >= 11 is 0. The molecule has 0 aromatic heterocycles. The highest BCUT2D eigenvalue weighted by Gasteiger charge is 2.16. The van der Waals surface area contributed by atoms with Crippen molar-refractivity contribution in [1.82, 2.24) is 5.32 Å². The molecule has 0 fully saturated rings. The van der Waals surface area contributed by atoms with E-state index in [0.29, 0.717) is 0 Å². The molecule has 4 heteroatoms. The van der Waals surface area contributed by atoms with Crippen LogP contribution in [0.4, 0.5) is 4.79 Å². The maximum atomic E-state index is 11.0. The van der Waals surface area contributed by atoms with Gasteiger partial charge in [0.1, 0.15) is 6.10 Å². The standard InChI is InChI=1S/C8H17NO3/c1-6(5-10)12-7(11)9-8(2,3)4/h6,10H,5H2,1-4H3,(H,9,11)/t6-/m1/s1. The topological polar surface area (TPSA) is 58.6 Å². The van der Waals surface area contributed by atoms with Gasteiger partial charge in [-0.3, -0.25) is 0 Å². The fourth-order valence-electron chi connectivity index (χ4n) is 0.556. The third kappa shape index (κ3) is 5.97. The molecule has 0 spiro atoms. The van der Waals surface area contributed by atoms with Gasteiger partial charge in [-0.2, -0.15) is 0 Å². The number of aliphatic hydroxyl groups is 1. The van der Waals surface area contributed by atoms with Gasteiger partial charge in [0, 0.05) is 5.54 Å². The largest absolute Gasteiger partial charge is 0.444 e. The van der Waals surface area contributed by atoms with Crippen LogP contribution in [0.2, 0.25) is 0 Å². The Labute approximate surface area is 72.9 Å². The first kappa shape index (κ1) is 11.2. The predicted molar refractivity (Wildman–Crippen MR) is 45.9 cm³/mol. The Morgan fingerprint density at radius 1 is 1.58 bits per heavy atom. The van der Waals surface area contributed by atoms with E-state index in [1.165, 1.54) is 0 Å². The molecule has 0 saturated carbocycles. The Morgan fingerprint density at radius 3 is 2.42 bits per heavy atom. The van der Waals surface area contributed by atoms with Crippen molar-refractivity contribution in [2.24, 2.45) is 0 Å². The molecule has 0 bridgehead atoms. The fraction of sp³-hybridized carbons (Fsp3) is 0.875. The maximum Gasteiger partial charge on any atom is 0.407 e. The van der Waals surface area contributed by atoms with Crippen molar-refractivity contribution in [2.75, 3.05) is 6.61 Å². The minimum absolute atomic E-state index is 0.155. The van der Waals surface area contributed by atoms with Gasteiger partial charge in [0.15, 0.2) is 0 Å². The van der Waals surface area contributed by atoms with Crippen LogP contribution in [-0.4, -0.2) is 29.4 Å². The highest BCUT2D eigenvalue weighted by atomic mass is 16.6. The Kier molecular flexibility index (Phi) is 4.03. The molecule has 0 heterocycles. The van der Waals surface area contributed by atoms with Gasteiger partial charge in [-0.15, -0.1) is 0 Å². The van der Waals surface area contributed by atoms with E-state index in [9.17, 15) is 4.79 Å². The summed E-state index contributed by atoms with van der Waals surface area (Å²) in [5, 5.41) is 11.2.